The van der Waals surface area contributed by atoms with Crippen LogP contribution in [-0.2, 0) is 64.1 Å². The molecule has 2 fully saturated rings. The summed E-state index contributed by atoms with van der Waals surface area (Å²) in [7, 11) is 0. The summed E-state index contributed by atoms with van der Waals surface area (Å²) >= 11 is 0. The summed E-state index contributed by atoms with van der Waals surface area (Å²) in [6.45, 7) is 7.38. The van der Waals surface area contributed by atoms with Crippen molar-refractivity contribution in [1.29, 1.82) is 0 Å². The van der Waals surface area contributed by atoms with E-state index in [0.717, 1.165) is 22.3 Å². The van der Waals surface area contributed by atoms with Crippen LogP contribution in [0, 0.1) is 5.92 Å². The molecule has 2 aliphatic rings. The van der Waals surface area contributed by atoms with E-state index in [0.29, 0.717) is 39.1 Å². The second kappa shape index (κ2) is 23.1. The van der Waals surface area contributed by atoms with Crippen LogP contribution in [0.15, 0.2) is 121 Å². The van der Waals surface area contributed by atoms with Crippen molar-refractivity contribution < 1.29 is 47.7 Å². The first-order valence-corrected chi connectivity index (χ1v) is 20.5. The average Bonchev–Trinajstić information content (AvgIpc) is 3.79. The zero-order chi connectivity index (χ0) is 42.7. The fourth-order valence-corrected chi connectivity index (χ4v) is 6.86. The molecule has 60 heavy (non-hydrogen) atoms. The van der Waals surface area contributed by atoms with E-state index in [1.165, 1.54) is 9.80 Å². The number of carbonyl (C=O) groups is 5. The highest BCUT2D eigenvalue weighted by molar-refractivity contribution is 5.96. The number of hydrogen-bond donors (Lipinski definition) is 0. The number of imide groups is 2. The smallest absolute Gasteiger partial charge is 0.416 e. The van der Waals surface area contributed by atoms with E-state index < -0.39 is 41.6 Å². The van der Waals surface area contributed by atoms with Crippen molar-refractivity contribution in [2.75, 3.05) is 26.4 Å². The largest absolute Gasteiger partial charge is 0.460 e. The van der Waals surface area contributed by atoms with Crippen LogP contribution in [0.2, 0.25) is 0 Å². The maximum absolute atomic E-state index is 13.5. The minimum absolute atomic E-state index is 0.128. The Morgan fingerprint density at radius 2 is 1.07 bits per heavy atom. The van der Waals surface area contributed by atoms with Gasteiger partial charge in [0.05, 0.1) is 37.6 Å². The van der Waals surface area contributed by atoms with E-state index >= 15 is 0 Å². The number of carbonyl (C=O) groups excluding carboxylic acids is 5. The third-order valence-corrected chi connectivity index (χ3v) is 9.75. The Kier molecular flexibility index (Phi) is 17.4. The minimum Gasteiger partial charge on any atom is -0.460 e. The molecule has 0 unspecified atom stereocenters. The topological polar surface area (TPSA) is 138 Å². The van der Waals surface area contributed by atoms with Gasteiger partial charge in [-0.2, -0.15) is 0 Å². The van der Waals surface area contributed by atoms with Crippen LogP contribution in [0.25, 0.3) is 0 Å². The molecule has 12 heteroatoms. The molecule has 0 radical (unpaired) electrons. The zero-order valence-corrected chi connectivity index (χ0v) is 34.7. The van der Waals surface area contributed by atoms with Crippen molar-refractivity contribution in [1.82, 2.24) is 9.80 Å². The van der Waals surface area contributed by atoms with Gasteiger partial charge in [0, 0.05) is 19.6 Å². The molecule has 0 N–H and O–H groups in total. The lowest BCUT2D eigenvalue weighted by Crippen LogP contribution is -2.44. The second-order valence-corrected chi connectivity index (χ2v) is 15.8. The zero-order valence-electron chi connectivity index (χ0n) is 34.7. The van der Waals surface area contributed by atoms with Crippen molar-refractivity contribution >= 4 is 30.0 Å². The first kappa shape index (κ1) is 45.2. The summed E-state index contributed by atoms with van der Waals surface area (Å²) in [5.41, 5.74) is 3.53. The molecule has 2 heterocycles. The molecule has 0 bridgehead atoms. The number of amides is 4. The Balaban J connectivity index is 0.000000236. The molecule has 318 valence electrons. The summed E-state index contributed by atoms with van der Waals surface area (Å²) in [5.74, 6) is -1.87. The molecule has 0 aromatic heterocycles. The molecule has 0 aliphatic carbocycles. The Bertz CT molecular complexity index is 1950. The minimum atomic E-state index is -0.755. The Labute approximate surface area is 352 Å². The summed E-state index contributed by atoms with van der Waals surface area (Å²) in [5, 5.41) is 0. The molecule has 4 aromatic rings. The maximum Gasteiger partial charge on any atom is 0.416 e. The number of rotatable bonds is 18. The van der Waals surface area contributed by atoms with Crippen LogP contribution in [-0.4, -0.2) is 83.9 Å². The summed E-state index contributed by atoms with van der Waals surface area (Å²) in [6.07, 6.45) is 0.888. The highest BCUT2D eigenvalue weighted by Gasteiger charge is 2.42. The van der Waals surface area contributed by atoms with Crippen molar-refractivity contribution in [3.63, 3.8) is 0 Å². The van der Waals surface area contributed by atoms with Crippen molar-refractivity contribution in [3.8, 4) is 0 Å². The van der Waals surface area contributed by atoms with Crippen molar-refractivity contribution in [2.24, 2.45) is 5.92 Å². The van der Waals surface area contributed by atoms with E-state index in [9.17, 15) is 24.0 Å². The van der Waals surface area contributed by atoms with Gasteiger partial charge in [-0.3, -0.25) is 14.4 Å². The molecule has 4 aromatic carbocycles. The van der Waals surface area contributed by atoms with Gasteiger partial charge < -0.3 is 23.7 Å². The number of hydrogen-bond acceptors (Lipinski definition) is 10. The van der Waals surface area contributed by atoms with Crippen LogP contribution in [0.4, 0.5) is 9.59 Å². The second-order valence-electron chi connectivity index (χ2n) is 15.8. The van der Waals surface area contributed by atoms with E-state index in [-0.39, 0.29) is 51.0 Å². The van der Waals surface area contributed by atoms with Crippen LogP contribution in [0.1, 0.15) is 68.7 Å². The van der Waals surface area contributed by atoms with Gasteiger partial charge in [0.25, 0.3) is 0 Å². The van der Waals surface area contributed by atoms with Gasteiger partial charge in [0.15, 0.2) is 0 Å². The van der Waals surface area contributed by atoms with Crippen LogP contribution >= 0.6 is 0 Å². The quantitative estimate of drug-likeness (QED) is 0.0550. The fourth-order valence-electron chi connectivity index (χ4n) is 6.86. The predicted molar refractivity (Wildman–Crippen MR) is 224 cm³/mol. The summed E-state index contributed by atoms with van der Waals surface area (Å²) in [4.78, 5) is 65.4. The van der Waals surface area contributed by atoms with Crippen molar-refractivity contribution in [3.05, 3.63) is 144 Å². The maximum atomic E-state index is 13.5. The highest BCUT2D eigenvalue weighted by atomic mass is 16.6. The van der Waals surface area contributed by atoms with Gasteiger partial charge in [0.2, 0.25) is 11.8 Å². The number of esters is 1. The van der Waals surface area contributed by atoms with E-state index in [1.54, 1.807) is 20.8 Å². The van der Waals surface area contributed by atoms with Crippen LogP contribution < -0.4 is 0 Å². The lowest BCUT2D eigenvalue weighted by molar-refractivity contribution is -0.158. The molecular formula is C48H56N2O10. The Hall–Kier alpha value is -5.85. The normalized spacial score (nSPS) is 16.6. The SMILES string of the molecule is CC(C)(C)OC(=O)C[C@@H](CCOCc1ccccc1)C(=O)N1C(=O)OC[C@@H]1Cc1ccccc1.O=C(CCCOCc1ccccc1)N1C(=O)OC[C@@H]1Cc1ccccc1. The first-order chi connectivity index (χ1) is 29.0. The monoisotopic (exact) mass is 820 g/mol. The van der Waals surface area contributed by atoms with E-state index in [1.807, 2.05) is 121 Å². The van der Waals surface area contributed by atoms with Gasteiger partial charge in [-0.05, 0) is 68.7 Å². The van der Waals surface area contributed by atoms with E-state index in [4.69, 9.17) is 23.7 Å². The van der Waals surface area contributed by atoms with Gasteiger partial charge in [-0.1, -0.05) is 121 Å². The van der Waals surface area contributed by atoms with Gasteiger partial charge in [0.1, 0.15) is 18.8 Å². The van der Waals surface area contributed by atoms with E-state index in [2.05, 4.69) is 0 Å². The molecule has 0 saturated carbocycles. The number of cyclic esters (lactones) is 2. The molecular weight excluding hydrogens is 765 g/mol. The molecule has 12 nitrogen and oxygen atoms in total. The Morgan fingerprint density at radius 1 is 0.633 bits per heavy atom. The predicted octanol–water partition coefficient (Wildman–Crippen LogP) is 8.10. The van der Waals surface area contributed by atoms with Crippen LogP contribution in [0.3, 0.4) is 0 Å². The van der Waals surface area contributed by atoms with Gasteiger partial charge in [-0.25, -0.2) is 19.4 Å². The van der Waals surface area contributed by atoms with Crippen molar-refractivity contribution in [2.45, 2.75) is 90.2 Å². The average molecular weight is 821 g/mol. The first-order valence-electron chi connectivity index (χ1n) is 20.5. The molecule has 6 rings (SSSR count). The standard InChI is InChI=1S/C27H33NO6.C21H23NO4/c1-27(2,3)34-24(29)17-22(14-15-32-18-21-12-8-5-9-13-21)25(30)28-23(19-33-26(28)31)16-20-10-6-4-7-11-20;23-20(12-7-13-25-15-18-10-5-2-6-11-18)22-19(16-26-21(22)24)14-17-8-3-1-4-9-17/h4-13,22-23H,14-19H2,1-3H3;1-6,8-11,19H,7,12-16H2/t22-,23+;19-/m10/s1. The number of benzene rings is 4. The van der Waals surface area contributed by atoms with Crippen LogP contribution in [0.5, 0.6) is 0 Å². The lowest BCUT2D eigenvalue weighted by Gasteiger charge is -2.26. The summed E-state index contributed by atoms with van der Waals surface area (Å²) < 4.78 is 27.1. The number of nitrogens with zero attached hydrogens (tertiary/aromatic N) is 2. The lowest BCUT2D eigenvalue weighted by atomic mass is 9.98. The Morgan fingerprint density at radius 3 is 1.55 bits per heavy atom. The molecule has 0 spiro atoms. The molecule has 2 aliphatic heterocycles. The van der Waals surface area contributed by atoms with Gasteiger partial charge >= 0.3 is 18.2 Å². The fraction of sp³-hybridized carbons (Fsp3) is 0.396. The summed E-state index contributed by atoms with van der Waals surface area (Å²) in [6, 6.07) is 38.4. The third kappa shape index (κ3) is 14.8. The molecule has 4 amide bonds. The highest BCUT2D eigenvalue weighted by Crippen LogP contribution is 2.25. The van der Waals surface area contributed by atoms with Gasteiger partial charge in [-0.15, -0.1) is 0 Å². The molecule has 3 atom stereocenters. The molecule has 2 saturated heterocycles. The third-order valence-electron chi connectivity index (χ3n) is 9.75. The number of ether oxygens (including phenoxy) is 5.